The summed E-state index contributed by atoms with van der Waals surface area (Å²) in [5.74, 6) is -0.149. The van der Waals surface area contributed by atoms with Crippen molar-refractivity contribution < 1.29 is 9.90 Å². The number of fused-ring (bicyclic) bond motifs is 1. The molecule has 1 fully saturated rings. The van der Waals surface area contributed by atoms with E-state index >= 15 is 0 Å². The molecule has 0 unspecified atom stereocenters. The van der Waals surface area contributed by atoms with E-state index in [0.717, 1.165) is 42.3 Å². The fourth-order valence-corrected chi connectivity index (χ4v) is 3.54. The fraction of sp³-hybridized carbons (Fsp3) is 0.474. The summed E-state index contributed by atoms with van der Waals surface area (Å²) < 4.78 is 0. The Kier molecular flexibility index (Phi) is 4.45. The lowest BCUT2D eigenvalue weighted by Crippen LogP contribution is -2.42. The van der Waals surface area contributed by atoms with Gasteiger partial charge in [-0.15, -0.1) is 0 Å². The molecule has 1 aromatic heterocycles. The number of para-hydroxylation sites is 1. The quantitative estimate of drug-likeness (QED) is 0.938. The third kappa shape index (κ3) is 3.22. The molecule has 1 aliphatic rings. The van der Waals surface area contributed by atoms with Gasteiger partial charge in [0, 0.05) is 38.8 Å². The maximum Gasteiger partial charge on any atom is 0.272 e. The van der Waals surface area contributed by atoms with Gasteiger partial charge in [0.25, 0.3) is 5.91 Å². The molecule has 5 nitrogen and oxygen atoms in total. The molecule has 2 aromatic rings. The predicted octanol–water partition coefficient (Wildman–Crippen LogP) is 2.68. The zero-order chi connectivity index (χ0) is 17.3. The first-order chi connectivity index (χ1) is 11.4. The van der Waals surface area contributed by atoms with Gasteiger partial charge in [-0.05, 0) is 25.0 Å². The number of benzene rings is 1. The van der Waals surface area contributed by atoms with E-state index in [1.54, 1.807) is 11.9 Å². The average molecular weight is 327 g/mol. The lowest BCUT2D eigenvalue weighted by atomic mass is 10.0. The number of likely N-dealkylation sites (N-methyl/N-ethyl adjacent to an activating group) is 1. The first-order valence-electron chi connectivity index (χ1n) is 8.45. The number of aromatic nitrogens is 1. The molecule has 0 saturated heterocycles. The molecule has 1 aromatic carbocycles. The van der Waals surface area contributed by atoms with Crippen LogP contribution >= 0.6 is 0 Å². The molecule has 1 saturated carbocycles. The van der Waals surface area contributed by atoms with Gasteiger partial charge in [0.05, 0.1) is 11.1 Å². The van der Waals surface area contributed by atoms with Gasteiger partial charge in [-0.25, -0.2) is 4.98 Å². The summed E-state index contributed by atoms with van der Waals surface area (Å²) in [4.78, 5) is 21.0. The topological polar surface area (TPSA) is 56.7 Å². The van der Waals surface area contributed by atoms with Gasteiger partial charge < -0.3 is 14.9 Å². The SMILES string of the molecule is CN(CC1(O)CCCC1)C(=O)c1cc(N(C)C)c2ccccc2n1. The number of hydrogen-bond acceptors (Lipinski definition) is 4. The van der Waals surface area contributed by atoms with Crippen molar-refractivity contribution in [2.24, 2.45) is 0 Å². The maximum atomic E-state index is 12.8. The van der Waals surface area contributed by atoms with Crippen molar-refractivity contribution in [1.82, 2.24) is 9.88 Å². The largest absolute Gasteiger partial charge is 0.388 e. The van der Waals surface area contributed by atoms with Crippen LogP contribution in [0.4, 0.5) is 5.69 Å². The van der Waals surface area contributed by atoms with E-state index in [2.05, 4.69) is 4.98 Å². The number of amides is 1. The Bertz CT molecular complexity index is 751. The van der Waals surface area contributed by atoms with Crippen LogP contribution in [0.3, 0.4) is 0 Å². The summed E-state index contributed by atoms with van der Waals surface area (Å²) in [6, 6.07) is 9.66. The maximum absolute atomic E-state index is 12.8. The molecule has 3 rings (SSSR count). The third-order valence-corrected chi connectivity index (χ3v) is 4.81. The Morgan fingerprint density at radius 1 is 1.21 bits per heavy atom. The van der Waals surface area contributed by atoms with E-state index < -0.39 is 5.60 Å². The second kappa shape index (κ2) is 6.40. The molecule has 0 bridgehead atoms. The highest BCUT2D eigenvalue weighted by molar-refractivity contribution is 5.99. The fourth-order valence-electron chi connectivity index (χ4n) is 3.54. The third-order valence-electron chi connectivity index (χ3n) is 4.81. The molecular formula is C19H25N3O2. The highest BCUT2D eigenvalue weighted by atomic mass is 16.3. The minimum atomic E-state index is -0.744. The Morgan fingerprint density at radius 3 is 2.54 bits per heavy atom. The summed E-state index contributed by atoms with van der Waals surface area (Å²) in [6.45, 7) is 0.359. The van der Waals surface area contributed by atoms with E-state index in [0.29, 0.717) is 12.2 Å². The van der Waals surface area contributed by atoms with Gasteiger partial charge in [0.15, 0.2) is 0 Å². The molecule has 128 valence electrons. The van der Waals surface area contributed by atoms with Crippen molar-refractivity contribution in [1.29, 1.82) is 0 Å². The summed E-state index contributed by atoms with van der Waals surface area (Å²) in [7, 11) is 5.66. The van der Waals surface area contributed by atoms with Gasteiger partial charge in [-0.3, -0.25) is 4.79 Å². The van der Waals surface area contributed by atoms with E-state index in [1.165, 1.54) is 0 Å². The highest BCUT2D eigenvalue weighted by Gasteiger charge is 2.34. The van der Waals surface area contributed by atoms with Crippen molar-refractivity contribution in [2.45, 2.75) is 31.3 Å². The van der Waals surface area contributed by atoms with Gasteiger partial charge in [-0.1, -0.05) is 31.0 Å². The first kappa shape index (κ1) is 16.7. The summed E-state index contributed by atoms with van der Waals surface area (Å²) in [6.07, 6.45) is 3.58. The Labute approximate surface area is 142 Å². The molecule has 1 heterocycles. The number of hydrogen-bond donors (Lipinski definition) is 1. The zero-order valence-corrected chi connectivity index (χ0v) is 14.6. The molecular weight excluding hydrogens is 302 g/mol. The van der Waals surface area contributed by atoms with Crippen LogP contribution < -0.4 is 4.90 Å². The Morgan fingerprint density at radius 2 is 1.88 bits per heavy atom. The van der Waals surface area contributed by atoms with Gasteiger partial charge in [0.2, 0.25) is 0 Å². The Hall–Kier alpha value is -2.14. The summed E-state index contributed by atoms with van der Waals surface area (Å²) in [5.41, 5.74) is 1.45. The number of aliphatic hydroxyl groups is 1. The van der Waals surface area contributed by atoms with E-state index in [9.17, 15) is 9.90 Å². The minimum Gasteiger partial charge on any atom is -0.388 e. The molecule has 24 heavy (non-hydrogen) atoms. The minimum absolute atomic E-state index is 0.149. The molecule has 0 radical (unpaired) electrons. The van der Waals surface area contributed by atoms with Crippen LogP contribution in [0.2, 0.25) is 0 Å². The van der Waals surface area contributed by atoms with Crippen molar-refractivity contribution >= 4 is 22.5 Å². The summed E-state index contributed by atoms with van der Waals surface area (Å²) >= 11 is 0. The van der Waals surface area contributed by atoms with Crippen molar-refractivity contribution in [3.05, 3.63) is 36.0 Å². The van der Waals surface area contributed by atoms with Crippen LogP contribution in [0, 0.1) is 0 Å². The highest BCUT2D eigenvalue weighted by Crippen LogP contribution is 2.31. The van der Waals surface area contributed by atoms with E-state index in [1.807, 2.05) is 49.3 Å². The average Bonchev–Trinajstić information content (AvgIpc) is 2.99. The number of nitrogens with zero attached hydrogens (tertiary/aromatic N) is 3. The van der Waals surface area contributed by atoms with Gasteiger partial charge in [0.1, 0.15) is 5.69 Å². The smallest absolute Gasteiger partial charge is 0.272 e. The van der Waals surface area contributed by atoms with E-state index in [4.69, 9.17) is 0 Å². The molecule has 5 heteroatoms. The van der Waals surface area contributed by atoms with Crippen LogP contribution in [-0.4, -0.2) is 54.2 Å². The van der Waals surface area contributed by atoms with Crippen molar-refractivity contribution in [3.63, 3.8) is 0 Å². The monoisotopic (exact) mass is 327 g/mol. The second-order valence-electron chi connectivity index (χ2n) is 7.03. The zero-order valence-electron chi connectivity index (χ0n) is 14.6. The lowest BCUT2D eigenvalue weighted by molar-refractivity contribution is 0.0155. The predicted molar refractivity (Wildman–Crippen MR) is 96.4 cm³/mol. The van der Waals surface area contributed by atoms with Gasteiger partial charge in [-0.2, -0.15) is 0 Å². The molecule has 1 N–H and O–H groups in total. The molecule has 1 amide bonds. The van der Waals surface area contributed by atoms with Crippen LogP contribution in [0.1, 0.15) is 36.2 Å². The Balaban J connectivity index is 1.91. The van der Waals surface area contributed by atoms with Crippen LogP contribution in [0.25, 0.3) is 10.9 Å². The lowest BCUT2D eigenvalue weighted by Gasteiger charge is -2.28. The standard InChI is InChI=1S/C19H25N3O2/c1-21(2)17-12-16(20-15-9-5-4-8-14(15)17)18(23)22(3)13-19(24)10-6-7-11-19/h4-5,8-9,12,24H,6-7,10-11,13H2,1-3H3. The second-order valence-corrected chi connectivity index (χ2v) is 7.03. The number of pyridine rings is 1. The van der Waals surface area contributed by atoms with Crippen LogP contribution in [-0.2, 0) is 0 Å². The molecule has 1 aliphatic carbocycles. The van der Waals surface area contributed by atoms with E-state index in [-0.39, 0.29) is 5.91 Å². The first-order valence-corrected chi connectivity index (χ1v) is 8.45. The number of anilines is 1. The van der Waals surface area contributed by atoms with Crippen molar-refractivity contribution in [3.8, 4) is 0 Å². The normalized spacial score (nSPS) is 16.3. The van der Waals surface area contributed by atoms with Gasteiger partial charge >= 0.3 is 0 Å². The number of rotatable bonds is 4. The molecule has 0 atom stereocenters. The summed E-state index contributed by atoms with van der Waals surface area (Å²) in [5, 5.41) is 11.6. The number of carbonyl (C=O) groups excluding carboxylic acids is 1. The van der Waals surface area contributed by atoms with Crippen LogP contribution in [0.15, 0.2) is 30.3 Å². The van der Waals surface area contributed by atoms with Crippen LogP contribution in [0.5, 0.6) is 0 Å². The number of carbonyl (C=O) groups is 1. The molecule has 0 aliphatic heterocycles. The van der Waals surface area contributed by atoms with Crippen molar-refractivity contribution in [2.75, 3.05) is 32.6 Å². The molecule has 0 spiro atoms.